The van der Waals surface area contributed by atoms with Gasteiger partial charge in [0.25, 0.3) is 0 Å². The van der Waals surface area contributed by atoms with E-state index in [1.165, 1.54) is 12.8 Å². The molecule has 21 heavy (non-hydrogen) atoms. The number of nitrogens with zero attached hydrogens (tertiary/aromatic N) is 2. The van der Waals surface area contributed by atoms with Crippen LogP contribution in [0.5, 0.6) is 0 Å². The molecule has 0 aliphatic carbocycles. The Labute approximate surface area is 124 Å². The van der Waals surface area contributed by atoms with Crippen LogP contribution in [-0.2, 0) is 6.54 Å². The summed E-state index contributed by atoms with van der Waals surface area (Å²) < 4.78 is 7.01. The highest BCUT2D eigenvalue weighted by Gasteiger charge is 2.24. The largest absolute Gasteiger partial charge is 0.419 e. The Kier molecular flexibility index (Phi) is 4.12. The van der Waals surface area contributed by atoms with Crippen molar-refractivity contribution in [2.24, 2.45) is 11.7 Å². The molecule has 1 fully saturated rings. The number of nitrogens with two attached hydrogens (primary N) is 1. The summed E-state index contributed by atoms with van der Waals surface area (Å²) in [6, 6.07) is 8.14. The van der Waals surface area contributed by atoms with Crippen molar-refractivity contribution in [2.45, 2.75) is 32.4 Å². The Morgan fingerprint density at radius 2 is 2.10 bits per heavy atom. The highest BCUT2D eigenvalue weighted by atomic mass is 16.4. The van der Waals surface area contributed by atoms with Gasteiger partial charge in [0.2, 0.25) is 0 Å². The number of hydrogen-bond acceptors (Lipinski definition) is 4. The lowest BCUT2D eigenvalue weighted by atomic mass is 9.93. The van der Waals surface area contributed by atoms with Gasteiger partial charge in [0.15, 0.2) is 5.58 Å². The van der Waals surface area contributed by atoms with Gasteiger partial charge < -0.3 is 10.2 Å². The molecule has 114 valence electrons. The molecule has 0 saturated carbocycles. The van der Waals surface area contributed by atoms with E-state index in [1.807, 2.05) is 24.3 Å². The van der Waals surface area contributed by atoms with Crippen LogP contribution in [0.25, 0.3) is 11.1 Å². The van der Waals surface area contributed by atoms with Crippen molar-refractivity contribution in [3.8, 4) is 0 Å². The molecule has 3 rings (SSSR count). The fourth-order valence-corrected chi connectivity index (χ4v) is 3.22. The minimum atomic E-state index is -0.267. The Balaban J connectivity index is 1.74. The molecule has 1 aromatic carbocycles. The average molecular weight is 289 g/mol. The fraction of sp³-hybridized carbons (Fsp3) is 0.562. The molecule has 2 unspecified atom stereocenters. The van der Waals surface area contributed by atoms with Crippen LogP contribution in [0.3, 0.4) is 0 Å². The maximum absolute atomic E-state index is 12.0. The maximum Gasteiger partial charge on any atom is 0.419 e. The minimum Gasteiger partial charge on any atom is -0.408 e. The van der Waals surface area contributed by atoms with Crippen LogP contribution in [-0.4, -0.2) is 35.1 Å². The molecule has 1 aliphatic heterocycles. The van der Waals surface area contributed by atoms with Crippen molar-refractivity contribution in [3.63, 3.8) is 0 Å². The first kappa shape index (κ1) is 14.4. The van der Waals surface area contributed by atoms with Crippen LogP contribution in [0.4, 0.5) is 0 Å². The smallest absolute Gasteiger partial charge is 0.408 e. The molecule has 0 amide bonds. The second-order valence-electron chi connectivity index (χ2n) is 6.01. The van der Waals surface area contributed by atoms with Crippen molar-refractivity contribution in [1.82, 2.24) is 9.47 Å². The van der Waals surface area contributed by atoms with E-state index >= 15 is 0 Å². The van der Waals surface area contributed by atoms with Gasteiger partial charge in [0.05, 0.1) is 5.52 Å². The summed E-state index contributed by atoms with van der Waals surface area (Å²) >= 11 is 0. The molecule has 5 heteroatoms. The SMILES string of the molecule is CC1CCC(CN)CN1CCn1c(=O)oc2ccccc21. The fourth-order valence-electron chi connectivity index (χ4n) is 3.22. The standard InChI is InChI=1S/C16H23N3O2/c1-12-6-7-13(10-17)11-18(12)8-9-19-14-4-2-3-5-15(14)21-16(19)20/h2-5,12-13H,6-11,17H2,1H3. The first-order valence-corrected chi connectivity index (χ1v) is 7.71. The van der Waals surface area contributed by atoms with Crippen molar-refractivity contribution < 1.29 is 4.42 Å². The van der Waals surface area contributed by atoms with Crippen molar-refractivity contribution in [1.29, 1.82) is 0 Å². The average Bonchev–Trinajstić information content (AvgIpc) is 2.82. The van der Waals surface area contributed by atoms with Crippen molar-refractivity contribution in [3.05, 3.63) is 34.8 Å². The van der Waals surface area contributed by atoms with Crippen LogP contribution in [0.15, 0.2) is 33.5 Å². The maximum atomic E-state index is 12.0. The number of rotatable bonds is 4. The molecule has 0 radical (unpaired) electrons. The summed E-state index contributed by atoms with van der Waals surface area (Å²) in [5, 5.41) is 0. The van der Waals surface area contributed by atoms with Crippen LogP contribution < -0.4 is 11.5 Å². The molecule has 1 aromatic heterocycles. The van der Waals surface area contributed by atoms with Gasteiger partial charge in [0, 0.05) is 25.7 Å². The van der Waals surface area contributed by atoms with Crippen LogP contribution in [0.2, 0.25) is 0 Å². The number of fused-ring (bicyclic) bond motifs is 1. The Bertz CT molecular complexity index is 661. The summed E-state index contributed by atoms with van der Waals surface area (Å²) in [4.78, 5) is 14.4. The first-order valence-electron chi connectivity index (χ1n) is 7.71. The molecular weight excluding hydrogens is 266 g/mol. The summed E-state index contributed by atoms with van der Waals surface area (Å²) in [7, 11) is 0. The molecule has 2 aromatic rings. The lowest BCUT2D eigenvalue weighted by Crippen LogP contribution is -2.45. The number of benzene rings is 1. The summed E-state index contributed by atoms with van der Waals surface area (Å²) in [6.45, 7) is 5.56. The molecule has 0 bridgehead atoms. The summed E-state index contributed by atoms with van der Waals surface area (Å²) in [5.74, 6) is 0.315. The molecule has 2 heterocycles. The predicted molar refractivity (Wildman–Crippen MR) is 83.3 cm³/mol. The third-order valence-corrected chi connectivity index (χ3v) is 4.63. The number of piperidine rings is 1. The summed E-state index contributed by atoms with van der Waals surface area (Å²) in [5.41, 5.74) is 7.34. The molecule has 0 spiro atoms. The number of para-hydroxylation sites is 2. The van der Waals surface area contributed by atoms with Gasteiger partial charge in [-0.3, -0.25) is 9.47 Å². The van der Waals surface area contributed by atoms with Gasteiger partial charge in [-0.05, 0) is 44.4 Å². The van der Waals surface area contributed by atoms with E-state index in [2.05, 4.69) is 11.8 Å². The topological polar surface area (TPSA) is 64.4 Å². The third kappa shape index (κ3) is 2.89. The van der Waals surface area contributed by atoms with Crippen LogP contribution >= 0.6 is 0 Å². The molecule has 1 aliphatic rings. The van der Waals surface area contributed by atoms with Gasteiger partial charge >= 0.3 is 5.76 Å². The lowest BCUT2D eigenvalue weighted by molar-refractivity contribution is 0.116. The molecule has 2 atom stereocenters. The highest BCUT2D eigenvalue weighted by molar-refractivity contribution is 5.72. The third-order valence-electron chi connectivity index (χ3n) is 4.63. The Morgan fingerprint density at radius 1 is 1.29 bits per heavy atom. The van der Waals surface area contributed by atoms with Crippen molar-refractivity contribution in [2.75, 3.05) is 19.6 Å². The van der Waals surface area contributed by atoms with Crippen molar-refractivity contribution >= 4 is 11.1 Å². The monoisotopic (exact) mass is 289 g/mol. The predicted octanol–water partition coefficient (Wildman–Crippen LogP) is 1.65. The number of hydrogen-bond donors (Lipinski definition) is 1. The van der Waals surface area contributed by atoms with E-state index in [0.717, 1.165) is 25.2 Å². The van der Waals surface area contributed by atoms with E-state index in [-0.39, 0.29) is 5.76 Å². The first-order chi connectivity index (χ1) is 10.2. The number of oxazole rings is 1. The van der Waals surface area contributed by atoms with Gasteiger partial charge in [0.1, 0.15) is 0 Å². The number of likely N-dealkylation sites (tertiary alicyclic amines) is 1. The van der Waals surface area contributed by atoms with E-state index in [1.54, 1.807) is 4.57 Å². The summed E-state index contributed by atoms with van der Waals surface area (Å²) in [6.07, 6.45) is 2.39. The molecule has 5 nitrogen and oxygen atoms in total. The zero-order valence-electron chi connectivity index (χ0n) is 12.5. The minimum absolute atomic E-state index is 0.267. The van der Waals surface area contributed by atoms with E-state index < -0.39 is 0 Å². The van der Waals surface area contributed by atoms with Gasteiger partial charge in [-0.1, -0.05) is 12.1 Å². The number of aromatic nitrogens is 1. The van der Waals surface area contributed by atoms with E-state index in [0.29, 0.717) is 24.1 Å². The quantitative estimate of drug-likeness (QED) is 0.929. The van der Waals surface area contributed by atoms with Gasteiger partial charge in [-0.25, -0.2) is 4.79 Å². The molecule has 1 saturated heterocycles. The highest BCUT2D eigenvalue weighted by Crippen LogP contribution is 2.21. The molecule has 2 N–H and O–H groups in total. The lowest BCUT2D eigenvalue weighted by Gasteiger charge is -2.37. The zero-order chi connectivity index (χ0) is 14.8. The van der Waals surface area contributed by atoms with Crippen LogP contribution in [0, 0.1) is 5.92 Å². The Morgan fingerprint density at radius 3 is 2.90 bits per heavy atom. The van der Waals surface area contributed by atoms with E-state index in [9.17, 15) is 4.79 Å². The zero-order valence-corrected chi connectivity index (χ0v) is 12.5. The molecular formula is C16H23N3O2. The Hall–Kier alpha value is -1.59. The second-order valence-corrected chi connectivity index (χ2v) is 6.01. The second kappa shape index (κ2) is 6.03. The van der Waals surface area contributed by atoms with E-state index in [4.69, 9.17) is 10.2 Å². The van der Waals surface area contributed by atoms with Gasteiger partial charge in [-0.15, -0.1) is 0 Å². The normalized spacial score (nSPS) is 23.7. The van der Waals surface area contributed by atoms with Crippen LogP contribution in [0.1, 0.15) is 19.8 Å². The van der Waals surface area contributed by atoms with Gasteiger partial charge in [-0.2, -0.15) is 0 Å².